The molecule has 15 heavy (non-hydrogen) atoms. The molecule has 3 nitrogen and oxygen atoms in total. The Balaban J connectivity index is 2.65. The van der Waals surface area contributed by atoms with Gasteiger partial charge in [-0.2, -0.15) is 0 Å². The van der Waals surface area contributed by atoms with E-state index in [0.29, 0.717) is 6.42 Å². The van der Waals surface area contributed by atoms with E-state index in [4.69, 9.17) is 0 Å². The minimum atomic E-state index is -2.87. The second kappa shape index (κ2) is 5.60. The SMILES string of the molecule is CNC(CCS(C)(=O)=O)c1csc(I)c1. The molecule has 0 amide bonds. The van der Waals surface area contributed by atoms with Crippen molar-refractivity contribution in [2.75, 3.05) is 19.1 Å². The molecule has 1 atom stereocenters. The van der Waals surface area contributed by atoms with Crippen molar-refractivity contribution in [1.82, 2.24) is 5.32 Å². The third-order valence-electron chi connectivity index (χ3n) is 2.12. The molecule has 0 spiro atoms. The topological polar surface area (TPSA) is 46.2 Å². The van der Waals surface area contributed by atoms with Gasteiger partial charge in [-0.3, -0.25) is 0 Å². The van der Waals surface area contributed by atoms with Crippen molar-refractivity contribution in [1.29, 1.82) is 0 Å². The fourth-order valence-electron chi connectivity index (χ4n) is 1.32. The van der Waals surface area contributed by atoms with Crippen molar-refractivity contribution >= 4 is 43.8 Å². The molecule has 86 valence electrons. The summed E-state index contributed by atoms with van der Waals surface area (Å²) in [5, 5.41) is 5.22. The fraction of sp³-hybridized carbons (Fsp3) is 0.556. The van der Waals surface area contributed by atoms with E-state index in [1.807, 2.05) is 7.05 Å². The normalized spacial score (nSPS) is 14.1. The summed E-state index contributed by atoms with van der Waals surface area (Å²) in [5.41, 5.74) is 1.18. The van der Waals surface area contributed by atoms with Crippen molar-refractivity contribution in [2.45, 2.75) is 12.5 Å². The van der Waals surface area contributed by atoms with Crippen molar-refractivity contribution in [3.05, 3.63) is 19.9 Å². The van der Waals surface area contributed by atoms with Gasteiger partial charge in [0.15, 0.2) is 0 Å². The molecule has 0 aromatic carbocycles. The molecule has 0 aliphatic carbocycles. The average molecular weight is 359 g/mol. The number of hydrogen-bond acceptors (Lipinski definition) is 4. The number of nitrogens with one attached hydrogen (secondary N) is 1. The van der Waals surface area contributed by atoms with Crippen LogP contribution in [0.5, 0.6) is 0 Å². The zero-order valence-corrected chi connectivity index (χ0v) is 12.4. The van der Waals surface area contributed by atoms with Crippen LogP contribution in [-0.4, -0.2) is 27.5 Å². The standard InChI is InChI=1S/C9H14INO2S2/c1-11-8(3-4-15(2,12)13)7-5-9(10)14-6-7/h5-6,8,11H,3-4H2,1-2H3. The van der Waals surface area contributed by atoms with Gasteiger partial charge in [0, 0.05) is 12.3 Å². The van der Waals surface area contributed by atoms with Gasteiger partial charge in [-0.15, -0.1) is 11.3 Å². The van der Waals surface area contributed by atoms with Gasteiger partial charge in [-0.05, 0) is 53.1 Å². The summed E-state index contributed by atoms with van der Waals surface area (Å²) in [6, 6.07) is 2.23. The van der Waals surface area contributed by atoms with Crippen molar-refractivity contribution < 1.29 is 8.42 Å². The van der Waals surface area contributed by atoms with Gasteiger partial charge >= 0.3 is 0 Å². The minimum absolute atomic E-state index is 0.138. The van der Waals surface area contributed by atoms with Crippen molar-refractivity contribution in [2.24, 2.45) is 0 Å². The highest BCUT2D eigenvalue weighted by Crippen LogP contribution is 2.24. The Labute approximate surface area is 108 Å². The minimum Gasteiger partial charge on any atom is -0.313 e. The van der Waals surface area contributed by atoms with Gasteiger partial charge < -0.3 is 5.32 Å². The summed E-state index contributed by atoms with van der Waals surface area (Å²) < 4.78 is 23.3. The Kier molecular flexibility index (Phi) is 5.01. The first-order chi connectivity index (χ1) is 6.92. The molecule has 1 N–H and O–H groups in total. The van der Waals surface area contributed by atoms with E-state index in [1.165, 1.54) is 14.7 Å². The van der Waals surface area contributed by atoms with E-state index in [2.05, 4.69) is 39.4 Å². The van der Waals surface area contributed by atoms with Crippen LogP contribution in [0.15, 0.2) is 11.4 Å². The fourth-order valence-corrected chi connectivity index (χ4v) is 3.41. The summed E-state index contributed by atoms with van der Waals surface area (Å²) in [6.45, 7) is 0. The molecular formula is C9H14INO2S2. The lowest BCUT2D eigenvalue weighted by atomic mass is 10.1. The van der Waals surface area contributed by atoms with Crippen LogP contribution in [-0.2, 0) is 9.84 Å². The van der Waals surface area contributed by atoms with E-state index in [0.717, 1.165) is 0 Å². The lowest BCUT2D eigenvalue weighted by Gasteiger charge is -2.13. The van der Waals surface area contributed by atoms with E-state index < -0.39 is 9.84 Å². The van der Waals surface area contributed by atoms with E-state index in [9.17, 15) is 8.42 Å². The lowest BCUT2D eigenvalue weighted by molar-refractivity contribution is 0.560. The van der Waals surface area contributed by atoms with Gasteiger partial charge in [0.2, 0.25) is 0 Å². The zero-order chi connectivity index (χ0) is 11.5. The Morgan fingerprint density at radius 3 is 2.67 bits per heavy atom. The van der Waals surface area contributed by atoms with Crippen LogP contribution in [0.4, 0.5) is 0 Å². The smallest absolute Gasteiger partial charge is 0.147 e. The predicted octanol–water partition coefficient (Wildman–Crippen LogP) is 2.05. The first kappa shape index (κ1) is 13.4. The summed E-state index contributed by atoms with van der Waals surface area (Å²) in [6.07, 6.45) is 1.90. The molecule has 0 saturated carbocycles. The summed E-state index contributed by atoms with van der Waals surface area (Å²) in [4.78, 5) is 0. The number of halogens is 1. The van der Waals surface area contributed by atoms with Crippen LogP contribution < -0.4 is 5.32 Å². The highest BCUT2D eigenvalue weighted by molar-refractivity contribution is 14.1. The molecule has 1 heterocycles. The quantitative estimate of drug-likeness (QED) is 0.819. The van der Waals surface area contributed by atoms with Gasteiger partial charge in [0.05, 0.1) is 8.64 Å². The molecule has 0 aliphatic rings. The number of thiophene rings is 1. The van der Waals surface area contributed by atoms with Gasteiger partial charge in [-0.25, -0.2) is 8.42 Å². The molecule has 1 rings (SSSR count). The van der Waals surface area contributed by atoms with Crippen LogP contribution >= 0.6 is 33.9 Å². The molecule has 0 aliphatic heterocycles. The summed E-state index contributed by atoms with van der Waals surface area (Å²) in [7, 11) is -1.01. The maximum Gasteiger partial charge on any atom is 0.147 e. The molecule has 6 heteroatoms. The maximum atomic E-state index is 11.1. The molecule has 0 fully saturated rings. The zero-order valence-electron chi connectivity index (χ0n) is 8.66. The highest BCUT2D eigenvalue weighted by atomic mass is 127. The Bertz CT molecular complexity index is 414. The molecule has 0 radical (unpaired) electrons. The van der Waals surface area contributed by atoms with Crippen LogP contribution in [0.1, 0.15) is 18.0 Å². The second-order valence-corrected chi connectivity index (χ2v) is 8.51. The van der Waals surface area contributed by atoms with Gasteiger partial charge in [0.25, 0.3) is 0 Å². The first-order valence-corrected chi connectivity index (χ1v) is 8.53. The highest BCUT2D eigenvalue weighted by Gasteiger charge is 2.13. The summed E-state index contributed by atoms with van der Waals surface area (Å²) >= 11 is 3.95. The molecule has 1 aromatic rings. The predicted molar refractivity (Wildman–Crippen MR) is 73.2 cm³/mol. The lowest BCUT2D eigenvalue weighted by Crippen LogP contribution is -2.19. The molecule has 1 aromatic heterocycles. The van der Waals surface area contributed by atoms with Gasteiger partial charge in [0.1, 0.15) is 9.84 Å². The molecule has 0 saturated heterocycles. The monoisotopic (exact) mass is 359 g/mol. The van der Waals surface area contributed by atoms with Crippen molar-refractivity contribution in [3.63, 3.8) is 0 Å². The van der Waals surface area contributed by atoms with Crippen molar-refractivity contribution in [3.8, 4) is 0 Å². The van der Waals surface area contributed by atoms with Crippen LogP contribution in [0, 0.1) is 2.88 Å². The summed E-state index contributed by atoms with van der Waals surface area (Å²) in [5.74, 6) is 0.227. The Morgan fingerprint density at radius 2 is 2.27 bits per heavy atom. The third-order valence-corrected chi connectivity index (χ3v) is 4.90. The van der Waals surface area contributed by atoms with E-state index in [1.54, 1.807) is 11.3 Å². The molecular weight excluding hydrogens is 345 g/mol. The number of rotatable bonds is 5. The second-order valence-electron chi connectivity index (χ2n) is 3.44. The largest absolute Gasteiger partial charge is 0.313 e. The maximum absolute atomic E-state index is 11.1. The van der Waals surface area contributed by atoms with Crippen LogP contribution in [0.2, 0.25) is 0 Å². The number of hydrogen-bond donors (Lipinski definition) is 1. The van der Waals surface area contributed by atoms with Crippen LogP contribution in [0.3, 0.4) is 0 Å². The molecule has 1 unspecified atom stereocenters. The third kappa shape index (κ3) is 4.80. The first-order valence-electron chi connectivity index (χ1n) is 4.51. The Morgan fingerprint density at radius 1 is 1.60 bits per heavy atom. The number of sulfone groups is 1. The average Bonchev–Trinajstić information content (AvgIpc) is 2.51. The van der Waals surface area contributed by atoms with E-state index >= 15 is 0 Å². The van der Waals surface area contributed by atoms with Crippen LogP contribution in [0.25, 0.3) is 0 Å². The van der Waals surface area contributed by atoms with E-state index in [-0.39, 0.29) is 11.8 Å². The van der Waals surface area contributed by atoms with Gasteiger partial charge in [-0.1, -0.05) is 0 Å². The Hall–Kier alpha value is 0.340. The molecule has 0 bridgehead atoms.